The summed E-state index contributed by atoms with van der Waals surface area (Å²) in [6, 6.07) is 5.34. The lowest BCUT2D eigenvalue weighted by atomic mass is 10.2. The number of nitrogens with zero attached hydrogens (tertiary/aromatic N) is 1. The number of nitrogens with one attached hydrogen (secondary N) is 2. The SMILES string of the molecule is CC(C)(C)OC(=O)NCCC#Cc1cccc(NN)n1. The summed E-state index contributed by atoms with van der Waals surface area (Å²) in [5.41, 5.74) is 2.59. The van der Waals surface area contributed by atoms with Gasteiger partial charge in [0.25, 0.3) is 0 Å². The molecule has 0 atom stereocenters. The van der Waals surface area contributed by atoms with Gasteiger partial charge in [-0.25, -0.2) is 15.6 Å². The van der Waals surface area contributed by atoms with E-state index < -0.39 is 11.7 Å². The van der Waals surface area contributed by atoms with Crippen LogP contribution in [0, 0.1) is 11.8 Å². The third-order valence-electron chi connectivity index (χ3n) is 2.03. The second-order valence-electron chi connectivity index (χ2n) is 5.03. The van der Waals surface area contributed by atoms with Crippen LogP contribution in [0.3, 0.4) is 0 Å². The molecule has 0 aliphatic heterocycles. The van der Waals surface area contributed by atoms with Gasteiger partial charge in [-0.1, -0.05) is 12.0 Å². The van der Waals surface area contributed by atoms with Crippen LogP contribution in [0.1, 0.15) is 32.9 Å². The molecule has 1 heterocycles. The molecule has 108 valence electrons. The fourth-order valence-corrected chi connectivity index (χ4v) is 1.28. The molecule has 0 aliphatic carbocycles. The summed E-state index contributed by atoms with van der Waals surface area (Å²) < 4.78 is 5.10. The Morgan fingerprint density at radius 2 is 2.20 bits per heavy atom. The molecular weight excluding hydrogens is 256 g/mol. The Morgan fingerprint density at radius 1 is 1.45 bits per heavy atom. The van der Waals surface area contributed by atoms with Crippen molar-refractivity contribution in [3.8, 4) is 11.8 Å². The first-order valence-electron chi connectivity index (χ1n) is 6.30. The van der Waals surface area contributed by atoms with Crippen LogP contribution in [0.25, 0.3) is 0 Å². The van der Waals surface area contributed by atoms with Crippen LogP contribution in [0.15, 0.2) is 18.2 Å². The Hall–Kier alpha value is -2.26. The maximum Gasteiger partial charge on any atom is 0.407 e. The van der Waals surface area contributed by atoms with E-state index in [-0.39, 0.29) is 0 Å². The van der Waals surface area contributed by atoms with Gasteiger partial charge in [-0.2, -0.15) is 0 Å². The minimum Gasteiger partial charge on any atom is -0.444 e. The summed E-state index contributed by atoms with van der Waals surface area (Å²) in [6.07, 6.45) is 0.0769. The number of nitrogen functional groups attached to an aromatic ring is 1. The molecule has 4 N–H and O–H groups in total. The minimum absolute atomic E-state index is 0.427. The number of anilines is 1. The van der Waals surface area contributed by atoms with E-state index in [9.17, 15) is 4.79 Å². The number of carbonyl (C=O) groups is 1. The molecule has 0 aliphatic rings. The van der Waals surface area contributed by atoms with Gasteiger partial charge >= 0.3 is 6.09 Å². The van der Waals surface area contributed by atoms with E-state index in [0.29, 0.717) is 24.5 Å². The van der Waals surface area contributed by atoms with E-state index >= 15 is 0 Å². The monoisotopic (exact) mass is 276 g/mol. The molecule has 0 aromatic carbocycles. The van der Waals surface area contributed by atoms with E-state index in [1.165, 1.54) is 0 Å². The van der Waals surface area contributed by atoms with Gasteiger partial charge in [-0.05, 0) is 38.8 Å². The molecule has 0 bridgehead atoms. The number of ether oxygens (including phenoxy) is 1. The van der Waals surface area contributed by atoms with Crippen molar-refractivity contribution in [3.05, 3.63) is 23.9 Å². The highest BCUT2D eigenvalue weighted by Crippen LogP contribution is 2.06. The normalized spacial score (nSPS) is 10.2. The first-order chi connectivity index (χ1) is 9.40. The second kappa shape index (κ2) is 7.36. The van der Waals surface area contributed by atoms with E-state index in [1.54, 1.807) is 12.1 Å². The third kappa shape index (κ3) is 6.61. The highest BCUT2D eigenvalue weighted by Gasteiger charge is 2.15. The number of pyridine rings is 1. The summed E-state index contributed by atoms with van der Waals surface area (Å²) in [6.45, 7) is 5.88. The van der Waals surface area contributed by atoms with Crippen molar-refractivity contribution in [3.63, 3.8) is 0 Å². The number of amides is 1. The number of aromatic nitrogens is 1. The van der Waals surface area contributed by atoms with Crippen molar-refractivity contribution in [2.45, 2.75) is 32.8 Å². The van der Waals surface area contributed by atoms with Crippen molar-refractivity contribution in [2.24, 2.45) is 5.84 Å². The van der Waals surface area contributed by atoms with Gasteiger partial charge in [0, 0.05) is 13.0 Å². The van der Waals surface area contributed by atoms with Crippen LogP contribution >= 0.6 is 0 Å². The first-order valence-corrected chi connectivity index (χ1v) is 6.30. The number of hydrogen-bond donors (Lipinski definition) is 3. The standard InChI is InChI=1S/C14H20N4O2/c1-14(2,3)20-13(19)16-10-5-4-7-11-8-6-9-12(17-11)18-15/h6,8-9H,5,10,15H2,1-3H3,(H,16,19)(H,17,18). The molecule has 1 aromatic heterocycles. The topological polar surface area (TPSA) is 89.3 Å². The first kappa shape index (κ1) is 15.8. The van der Waals surface area contributed by atoms with Gasteiger partial charge in [-0.15, -0.1) is 0 Å². The summed E-state index contributed by atoms with van der Waals surface area (Å²) in [7, 11) is 0. The van der Waals surface area contributed by atoms with Crippen LogP contribution in [0.2, 0.25) is 0 Å². The molecule has 20 heavy (non-hydrogen) atoms. The zero-order valence-electron chi connectivity index (χ0n) is 12.0. The van der Waals surface area contributed by atoms with Gasteiger partial charge in [-0.3, -0.25) is 0 Å². The van der Waals surface area contributed by atoms with Crippen molar-refractivity contribution >= 4 is 11.9 Å². The number of hydrazine groups is 1. The van der Waals surface area contributed by atoms with Crippen LogP contribution in [-0.2, 0) is 4.74 Å². The lowest BCUT2D eigenvalue weighted by Gasteiger charge is -2.19. The van der Waals surface area contributed by atoms with Gasteiger partial charge < -0.3 is 15.5 Å². The molecule has 0 saturated heterocycles. The maximum atomic E-state index is 11.4. The number of carbonyl (C=O) groups excluding carboxylic acids is 1. The van der Waals surface area contributed by atoms with Crippen LogP contribution in [0.5, 0.6) is 0 Å². The van der Waals surface area contributed by atoms with Crippen molar-refractivity contribution in [2.75, 3.05) is 12.0 Å². The molecule has 0 fully saturated rings. The zero-order valence-corrected chi connectivity index (χ0v) is 12.0. The van der Waals surface area contributed by atoms with Gasteiger partial charge in [0.1, 0.15) is 17.1 Å². The molecule has 6 nitrogen and oxygen atoms in total. The van der Waals surface area contributed by atoms with E-state index in [4.69, 9.17) is 10.6 Å². The lowest BCUT2D eigenvalue weighted by molar-refractivity contribution is 0.0529. The fraction of sp³-hybridized carbons (Fsp3) is 0.429. The lowest BCUT2D eigenvalue weighted by Crippen LogP contribution is -2.32. The summed E-state index contributed by atoms with van der Waals surface area (Å²) in [5.74, 6) is 11.6. The van der Waals surface area contributed by atoms with Crippen molar-refractivity contribution in [1.29, 1.82) is 0 Å². The van der Waals surface area contributed by atoms with Crippen LogP contribution in [-0.4, -0.2) is 23.2 Å². The maximum absolute atomic E-state index is 11.4. The average molecular weight is 276 g/mol. The molecule has 1 amide bonds. The quantitative estimate of drug-likeness (QED) is 0.338. The van der Waals surface area contributed by atoms with Gasteiger partial charge in [0.15, 0.2) is 0 Å². The smallest absolute Gasteiger partial charge is 0.407 e. The summed E-state index contributed by atoms with van der Waals surface area (Å²) >= 11 is 0. The van der Waals surface area contributed by atoms with Gasteiger partial charge in [0.05, 0.1) is 0 Å². The molecule has 0 unspecified atom stereocenters. The Bertz CT molecular complexity index is 512. The number of rotatable bonds is 3. The zero-order chi connectivity index (χ0) is 15.0. The van der Waals surface area contributed by atoms with E-state index in [0.717, 1.165) is 0 Å². The molecule has 1 aromatic rings. The summed E-state index contributed by atoms with van der Waals surface area (Å²) in [5, 5.41) is 2.63. The predicted octanol–water partition coefficient (Wildman–Crippen LogP) is 1.63. The Kier molecular flexibility index (Phi) is 5.81. The van der Waals surface area contributed by atoms with Crippen LogP contribution < -0.4 is 16.6 Å². The van der Waals surface area contributed by atoms with Crippen molar-refractivity contribution < 1.29 is 9.53 Å². The Balaban J connectivity index is 2.34. The largest absolute Gasteiger partial charge is 0.444 e. The number of alkyl carbamates (subject to hydrolysis) is 1. The molecule has 0 saturated carbocycles. The fourth-order valence-electron chi connectivity index (χ4n) is 1.28. The number of nitrogens with two attached hydrogens (primary N) is 1. The highest BCUT2D eigenvalue weighted by molar-refractivity contribution is 5.67. The second-order valence-corrected chi connectivity index (χ2v) is 5.03. The van der Waals surface area contributed by atoms with Crippen LogP contribution in [0.4, 0.5) is 10.6 Å². The predicted molar refractivity (Wildman–Crippen MR) is 77.8 cm³/mol. The molecule has 1 rings (SSSR count). The molecule has 0 spiro atoms. The van der Waals surface area contributed by atoms with Crippen molar-refractivity contribution in [1.82, 2.24) is 10.3 Å². The minimum atomic E-state index is -0.491. The number of hydrogen-bond acceptors (Lipinski definition) is 5. The van der Waals surface area contributed by atoms with E-state index in [1.807, 2.05) is 26.8 Å². The van der Waals surface area contributed by atoms with E-state index in [2.05, 4.69) is 27.6 Å². The Labute approximate surface area is 119 Å². The molecular formula is C14H20N4O2. The Morgan fingerprint density at radius 3 is 2.85 bits per heavy atom. The van der Waals surface area contributed by atoms with Gasteiger partial charge in [0.2, 0.25) is 0 Å². The third-order valence-corrected chi connectivity index (χ3v) is 2.03. The summed E-state index contributed by atoms with van der Waals surface area (Å²) in [4.78, 5) is 15.5. The molecule has 0 radical (unpaired) electrons. The average Bonchev–Trinajstić information content (AvgIpc) is 2.36. The molecule has 6 heteroatoms. The highest BCUT2D eigenvalue weighted by atomic mass is 16.6.